The van der Waals surface area contributed by atoms with Gasteiger partial charge in [-0.15, -0.1) is 0 Å². The van der Waals surface area contributed by atoms with Gasteiger partial charge in [-0.1, -0.05) is 31.0 Å². The third-order valence-electron chi connectivity index (χ3n) is 3.48. The van der Waals surface area contributed by atoms with Crippen molar-refractivity contribution >= 4 is 11.6 Å². The van der Waals surface area contributed by atoms with Crippen LogP contribution in [0, 0.1) is 5.92 Å². The fourth-order valence-electron chi connectivity index (χ4n) is 2.31. The molecule has 3 heteroatoms. The molecule has 0 atom stereocenters. The zero-order valence-electron chi connectivity index (χ0n) is 9.82. The lowest BCUT2D eigenvalue weighted by Gasteiger charge is -2.31. The minimum Gasteiger partial charge on any atom is -0.299 e. The van der Waals surface area contributed by atoms with Crippen LogP contribution in [0.4, 0.5) is 0 Å². The molecular formula is C13H19ClN2. The summed E-state index contributed by atoms with van der Waals surface area (Å²) in [6, 6.07) is 3.94. The van der Waals surface area contributed by atoms with E-state index in [2.05, 4.69) is 22.9 Å². The number of halogens is 1. The number of likely N-dealkylation sites (tertiary alicyclic amines) is 1. The topological polar surface area (TPSA) is 16.1 Å². The number of pyridine rings is 1. The first-order valence-corrected chi connectivity index (χ1v) is 6.48. The normalized spacial score (nSPS) is 18.9. The molecule has 2 rings (SSSR count). The van der Waals surface area contributed by atoms with E-state index in [1.807, 2.05) is 12.3 Å². The van der Waals surface area contributed by atoms with E-state index in [0.717, 1.165) is 12.5 Å². The van der Waals surface area contributed by atoms with Crippen LogP contribution in [0.3, 0.4) is 0 Å². The molecule has 2 nitrogen and oxygen atoms in total. The summed E-state index contributed by atoms with van der Waals surface area (Å²) in [4.78, 5) is 6.63. The molecule has 1 aliphatic rings. The highest BCUT2D eigenvalue weighted by atomic mass is 35.5. The number of nitrogens with zero attached hydrogens (tertiary/aromatic N) is 2. The van der Waals surface area contributed by atoms with Crippen molar-refractivity contribution in [1.82, 2.24) is 9.88 Å². The third kappa shape index (κ3) is 3.19. The molecule has 0 aliphatic carbocycles. The fraction of sp³-hybridized carbons (Fsp3) is 0.615. The monoisotopic (exact) mass is 238 g/mol. The van der Waals surface area contributed by atoms with Crippen molar-refractivity contribution in [2.24, 2.45) is 5.92 Å². The van der Waals surface area contributed by atoms with Crippen LogP contribution in [-0.4, -0.2) is 23.0 Å². The summed E-state index contributed by atoms with van der Waals surface area (Å²) in [5.41, 5.74) is 1.26. The van der Waals surface area contributed by atoms with Crippen LogP contribution in [0.1, 0.15) is 31.7 Å². The second-order valence-electron chi connectivity index (χ2n) is 4.62. The summed E-state index contributed by atoms with van der Waals surface area (Å²) in [5.74, 6) is 0.944. The quantitative estimate of drug-likeness (QED) is 0.751. The second kappa shape index (κ2) is 5.65. The Bertz CT molecular complexity index is 315. The lowest BCUT2D eigenvalue weighted by Crippen LogP contribution is -2.33. The van der Waals surface area contributed by atoms with Crippen LogP contribution < -0.4 is 0 Å². The number of rotatable bonds is 3. The Kier molecular flexibility index (Phi) is 4.19. The van der Waals surface area contributed by atoms with Gasteiger partial charge < -0.3 is 0 Å². The van der Waals surface area contributed by atoms with E-state index in [0.29, 0.717) is 5.15 Å². The average molecular weight is 239 g/mol. The van der Waals surface area contributed by atoms with Gasteiger partial charge in [-0.05, 0) is 43.5 Å². The van der Waals surface area contributed by atoms with Crippen LogP contribution >= 0.6 is 11.6 Å². The Balaban J connectivity index is 1.84. The Morgan fingerprint density at radius 3 is 2.69 bits per heavy atom. The SMILES string of the molecule is CCC1CCN(Cc2ccc(Cl)nc2)CC1. The maximum Gasteiger partial charge on any atom is 0.129 e. The van der Waals surface area contributed by atoms with Gasteiger partial charge in [0.2, 0.25) is 0 Å². The summed E-state index contributed by atoms with van der Waals surface area (Å²) < 4.78 is 0. The lowest BCUT2D eigenvalue weighted by atomic mass is 9.94. The van der Waals surface area contributed by atoms with E-state index in [1.165, 1.54) is 37.9 Å². The minimum absolute atomic E-state index is 0.577. The molecule has 0 amide bonds. The molecular weight excluding hydrogens is 220 g/mol. The van der Waals surface area contributed by atoms with Gasteiger partial charge in [0, 0.05) is 12.7 Å². The van der Waals surface area contributed by atoms with Crippen molar-refractivity contribution in [2.45, 2.75) is 32.7 Å². The van der Waals surface area contributed by atoms with Crippen LogP contribution in [0.15, 0.2) is 18.3 Å². The summed E-state index contributed by atoms with van der Waals surface area (Å²) in [7, 11) is 0. The van der Waals surface area contributed by atoms with Gasteiger partial charge in [-0.2, -0.15) is 0 Å². The van der Waals surface area contributed by atoms with E-state index in [-0.39, 0.29) is 0 Å². The van der Waals surface area contributed by atoms with Gasteiger partial charge in [0.05, 0.1) is 0 Å². The molecule has 0 spiro atoms. The van der Waals surface area contributed by atoms with Gasteiger partial charge in [-0.25, -0.2) is 4.98 Å². The molecule has 1 saturated heterocycles. The van der Waals surface area contributed by atoms with Crippen LogP contribution in [-0.2, 0) is 6.54 Å². The zero-order valence-corrected chi connectivity index (χ0v) is 10.6. The van der Waals surface area contributed by atoms with Gasteiger partial charge in [0.1, 0.15) is 5.15 Å². The first kappa shape index (κ1) is 11.9. The summed E-state index contributed by atoms with van der Waals surface area (Å²) in [5, 5.41) is 0.577. The minimum atomic E-state index is 0.577. The molecule has 0 radical (unpaired) electrons. The highest BCUT2D eigenvalue weighted by Crippen LogP contribution is 2.21. The van der Waals surface area contributed by atoms with Gasteiger partial charge in [-0.3, -0.25) is 4.90 Å². The smallest absolute Gasteiger partial charge is 0.129 e. The molecule has 1 fully saturated rings. The predicted octanol–water partition coefficient (Wildman–Crippen LogP) is 3.36. The summed E-state index contributed by atoms with van der Waals surface area (Å²) in [6.45, 7) is 5.76. The number of aromatic nitrogens is 1. The molecule has 0 unspecified atom stereocenters. The van der Waals surface area contributed by atoms with E-state index in [9.17, 15) is 0 Å². The molecule has 1 aliphatic heterocycles. The van der Waals surface area contributed by atoms with Crippen molar-refractivity contribution in [1.29, 1.82) is 0 Å². The molecule has 88 valence electrons. The first-order chi connectivity index (χ1) is 7.78. The maximum absolute atomic E-state index is 5.77. The predicted molar refractivity (Wildman–Crippen MR) is 67.5 cm³/mol. The molecule has 1 aromatic heterocycles. The largest absolute Gasteiger partial charge is 0.299 e. The van der Waals surface area contributed by atoms with E-state index < -0.39 is 0 Å². The molecule has 2 heterocycles. The Morgan fingerprint density at radius 1 is 1.38 bits per heavy atom. The highest BCUT2D eigenvalue weighted by Gasteiger charge is 2.17. The van der Waals surface area contributed by atoms with Crippen LogP contribution in [0.25, 0.3) is 0 Å². The van der Waals surface area contributed by atoms with Gasteiger partial charge in [0.15, 0.2) is 0 Å². The molecule has 0 bridgehead atoms. The molecule has 16 heavy (non-hydrogen) atoms. The zero-order chi connectivity index (χ0) is 11.4. The summed E-state index contributed by atoms with van der Waals surface area (Å²) in [6.07, 6.45) is 5.90. The van der Waals surface area contributed by atoms with E-state index in [1.54, 1.807) is 0 Å². The standard InChI is InChI=1S/C13H19ClN2/c1-2-11-5-7-16(8-6-11)10-12-3-4-13(14)15-9-12/h3-4,9,11H,2,5-8,10H2,1H3. The fourth-order valence-corrected chi connectivity index (χ4v) is 2.42. The van der Waals surface area contributed by atoms with Crippen molar-refractivity contribution in [3.05, 3.63) is 29.0 Å². The highest BCUT2D eigenvalue weighted by molar-refractivity contribution is 6.29. The molecule has 0 N–H and O–H groups in total. The second-order valence-corrected chi connectivity index (χ2v) is 5.00. The first-order valence-electron chi connectivity index (χ1n) is 6.10. The average Bonchev–Trinajstić information content (AvgIpc) is 2.33. The molecule has 0 aromatic carbocycles. The number of hydrogen-bond donors (Lipinski definition) is 0. The van der Waals surface area contributed by atoms with Crippen molar-refractivity contribution in [3.63, 3.8) is 0 Å². The van der Waals surface area contributed by atoms with Crippen molar-refractivity contribution in [2.75, 3.05) is 13.1 Å². The van der Waals surface area contributed by atoms with Crippen molar-refractivity contribution < 1.29 is 0 Å². The Morgan fingerprint density at radius 2 is 2.12 bits per heavy atom. The Hall–Kier alpha value is -0.600. The lowest BCUT2D eigenvalue weighted by molar-refractivity contribution is 0.175. The third-order valence-corrected chi connectivity index (χ3v) is 3.70. The van der Waals surface area contributed by atoms with Gasteiger partial charge >= 0.3 is 0 Å². The molecule has 0 saturated carbocycles. The molecule has 1 aromatic rings. The number of hydrogen-bond acceptors (Lipinski definition) is 2. The van der Waals surface area contributed by atoms with E-state index in [4.69, 9.17) is 11.6 Å². The van der Waals surface area contributed by atoms with Crippen LogP contribution in [0.2, 0.25) is 5.15 Å². The number of piperidine rings is 1. The Labute approximate surface area is 103 Å². The van der Waals surface area contributed by atoms with E-state index >= 15 is 0 Å². The summed E-state index contributed by atoms with van der Waals surface area (Å²) >= 11 is 5.77. The van der Waals surface area contributed by atoms with Crippen LogP contribution in [0.5, 0.6) is 0 Å². The van der Waals surface area contributed by atoms with Crippen molar-refractivity contribution in [3.8, 4) is 0 Å². The maximum atomic E-state index is 5.77. The van der Waals surface area contributed by atoms with Gasteiger partial charge in [0.25, 0.3) is 0 Å².